The molecule has 0 bridgehead atoms. The molecule has 0 atom stereocenters. The van der Waals surface area contributed by atoms with Gasteiger partial charge in [-0.2, -0.15) is 0 Å². The van der Waals surface area contributed by atoms with E-state index in [2.05, 4.69) is 17.3 Å². The van der Waals surface area contributed by atoms with Crippen LogP contribution in [0.1, 0.15) is 26.7 Å². The summed E-state index contributed by atoms with van der Waals surface area (Å²) in [6.45, 7) is 5.94. The van der Waals surface area contributed by atoms with Gasteiger partial charge in [0.2, 0.25) is 5.54 Å². The summed E-state index contributed by atoms with van der Waals surface area (Å²) in [7, 11) is 2.11. The summed E-state index contributed by atoms with van der Waals surface area (Å²) in [6.07, 6.45) is 2.18. The fourth-order valence-corrected chi connectivity index (χ4v) is 1.67. The maximum absolute atomic E-state index is 10.7. The molecule has 1 heterocycles. The van der Waals surface area contributed by atoms with Gasteiger partial charge in [0.1, 0.15) is 0 Å². The third-order valence-corrected chi connectivity index (χ3v) is 3.04. The highest BCUT2D eigenvalue weighted by Gasteiger charge is 2.31. The Morgan fingerprint density at radius 2 is 2.00 bits per heavy atom. The van der Waals surface area contributed by atoms with Crippen LogP contribution in [0.25, 0.3) is 0 Å². The van der Waals surface area contributed by atoms with Crippen LogP contribution < -0.4 is 5.32 Å². The first-order chi connectivity index (χ1) is 6.92. The first kappa shape index (κ1) is 12.4. The van der Waals surface area contributed by atoms with Crippen molar-refractivity contribution in [3.8, 4) is 0 Å². The normalized spacial score (nSPS) is 20.5. The van der Waals surface area contributed by atoms with E-state index in [9.17, 15) is 10.1 Å². The quantitative estimate of drug-likeness (QED) is 0.554. The smallest absolute Gasteiger partial charge is 0.229 e. The monoisotopic (exact) mass is 215 g/mol. The van der Waals surface area contributed by atoms with Crippen molar-refractivity contribution < 1.29 is 4.92 Å². The van der Waals surface area contributed by atoms with Crippen LogP contribution >= 0.6 is 0 Å². The fourth-order valence-electron chi connectivity index (χ4n) is 1.67. The summed E-state index contributed by atoms with van der Waals surface area (Å²) in [5.41, 5.74) is -0.858. The molecule has 5 nitrogen and oxygen atoms in total. The molecule has 0 amide bonds. The Hall–Kier alpha value is -0.680. The summed E-state index contributed by atoms with van der Waals surface area (Å²) >= 11 is 0. The number of rotatable bonds is 4. The summed E-state index contributed by atoms with van der Waals surface area (Å²) in [4.78, 5) is 12.8. The largest absolute Gasteiger partial charge is 0.307 e. The molecule has 1 aliphatic rings. The van der Waals surface area contributed by atoms with E-state index < -0.39 is 5.54 Å². The van der Waals surface area contributed by atoms with Crippen LogP contribution in [-0.2, 0) is 0 Å². The van der Waals surface area contributed by atoms with E-state index in [-0.39, 0.29) is 4.92 Å². The van der Waals surface area contributed by atoms with Gasteiger partial charge in [0.05, 0.1) is 6.54 Å². The van der Waals surface area contributed by atoms with Gasteiger partial charge < -0.3 is 10.2 Å². The van der Waals surface area contributed by atoms with Gasteiger partial charge in [-0.15, -0.1) is 0 Å². The SMILES string of the molecule is CN1CCC(NCC(C)(C)[N+](=O)[O-])CC1. The van der Waals surface area contributed by atoms with E-state index in [1.807, 2.05) is 0 Å². The third kappa shape index (κ3) is 3.76. The second-order valence-electron chi connectivity index (χ2n) is 5.03. The van der Waals surface area contributed by atoms with Crippen molar-refractivity contribution >= 4 is 0 Å². The lowest BCUT2D eigenvalue weighted by atomic mass is 10.0. The Balaban J connectivity index is 2.28. The molecule has 15 heavy (non-hydrogen) atoms. The van der Waals surface area contributed by atoms with E-state index in [4.69, 9.17) is 0 Å². The number of likely N-dealkylation sites (tertiary alicyclic amines) is 1. The number of piperidine rings is 1. The van der Waals surface area contributed by atoms with Gasteiger partial charge in [0, 0.05) is 24.8 Å². The average Bonchev–Trinajstić information content (AvgIpc) is 2.17. The van der Waals surface area contributed by atoms with Gasteiger partial charge in [-0.1, -0.05) is 0 Å². The summed E-state index contributed by atoms with van der Waals surface area (Å²) in [6, 6.07) is 0.445. The molecule has 0 radical (unpaired) electrons. The molecule has 0 saturated carbocycles. The predicted molar refractivity (Wildman–Crippen MR) is 59.6 cm³/mol. The summed E-state index contributed by atoms with van der Waals surface area (Å²) in [5, 5.41) is 14.0. The molecule has 1 saturated heterocycles. The number of hydrogen-bond donors (Lipinski definition) is 1. The lowest BCUT2D eigenvalue weighted by molar-refractivity contribution is -0.558. The van der Waals surface area contributed by atoms with Crippen molar-refractivity contribution in [2.75, 3.05) is 26.7 Å². The molecule has 1 aliphatic heterocycles. The van der Waals surface area contributed by atoms with Gasteiger partial charge in [-0.25, -0.2) is 0 Å². The zero-order chi connectivity index (χ0) is 11.5. The molecule has 0 aromatic heterocycles. The van der Waals surface area contributed by atoms with Crippen molar-refractivity contribution in [2.24, 2.45) is 0 Å². The molecule has 1 rings (SSSR count). The van der Waals surface area contributed by atoms with Gasteiger partial charge in [0.25, 0.3) is 0 Å². The van der Waals surface area contributed by atoms with Crippen LogP contribution in [0, 0.1) is 10.1 Å². The Morgan fingerprint density at radius 3 is 2.47 bits per heavy atom. The van der Waals surface area contributed by atoms with Crippen molar-refractivity contribution in [3.63, 3.8) is 0 Å². The van der Waals surface area contributed by atoms with Crippen molar-refractivity contribution in [2.45, 2.75) is 38.3 Å². The highest BCUT2D eigenvalue weighted by Crippen LogP contribution is 2.11. The van der Waals surface area contributed by atoms with Crippen molar-refractivity contribution in [1.29, 1.82) is 0 Å². The van der Waals surface area contributed by atoms with E-state index >= 15 is 0 Å². The van der Waals surface area contributed by atoms with Gasteiger partial charge in [-0.3, -0.25) is 10.1 Å². The second kappa shape index (κ2) is 4.90. The number of hydrogen-bond acceptors (Lipinski definition) is 4. The first-order valence-corrected chi connectivity index (χ1v) is 5.48. The molecule has 0 unspecified atom stereocenters. The molecule has 1 fully saturated rings. The van der Waals surface area contributed by atoms with Gasteiger partial charge in [-0.05, 0) is 33.0 Å². The minimum absolute atomic E-state index is 0.213. The standard InChI is InChI=1S/C10H21N3O2/c1-10(2,13(14)15)8-11-9-4-6-12(3)7-5-9/h9,11H,4-8H2,1-3H3. The number of nitro groups is 1. The van der Waals surface area contributed by atoms with Crippen LogP contribution in [0.2, 0.25) is 0 Å². The molecule has 0 aromatic carbocycles. The van der Waals surface area contributed by atoms with Gasteiger partial charge in [0.15, 0.2) is 0 Å². The summed E-state index contributed by atoms with van der Waals surface area (Å²) in [5.74, 6) is 0. The van der Waals surface area contributed by atoms with Crippen molar-refractivity contribution in [3.05, 3.63) is 10.1 Å². The zero-order valence-corrected chi connectivity index (χ0v) is 9.82. The van der Waals surface area contributed by atoms with Crippen LogP contribution in [0.5, 0.6) is 0 Å². The van der Waals surface area contributed by atoms with E-state index in [0.29, 0.717) is 12.6 Å². The number of nitrogens with one attached hydrogen (secondary N) is 1. The molecule has 0 aromatic rings. The van der Waals surface area contributed by atoms with E-state index in [1.54, 1.807) is 13.8 Å². The summed E-state index contributed by atoms with van der Waals surface area (Å²) < 4.78 is 0. The average molecular weight is 215 g/mol. The lowest BCUT2D eigenvalue weighted by Gasteiger charge is -2.30. The number of nitrogens with zero attached hydrogens (tertiary/aromatic N) is 2. The molecular formula is C10H21N3O2. The highest BCUT2D eigenvalue weighted by atomic mass is 16.6. The Morgan fingerprint density at radius 1 is 1.47 bits per heavy atom. The minimum Gasteiger partial charge on any atom is -0.307 e. The Labute approximate surface area is 91.0 Å². The third-order valence-electron chi connectivity index (χ3n) is 3.04. The van der Waals surface area contributed by atoms with E-state index in [0.717, 1.165) is 25.9 Å². The molecule has 0 aliphatic carbocycles. The Kier molecular flexibility index (Phi) is 4.04. The van der Waals surface area contributed by atoms with E-state index in [1.165, 1.54) is 0 Å². The molecule has 0 spiro atoms. The van der Waals surface area contributed by atoms with Crippen molar-refractivity contribution in [1.82, 2.24) is 10.2 Å². The van der Waals surface area contributed by atoms with Gasteiger partial charge >= 0.3 is 0 Å². The predicted octanol–water partition coefficient (Wildman–Crippen LogP) is 0.725. The topological polar surface area (TPSA) is 58.4 Å². The zero-order valence-electron chi connectivity index (χ0n) is 9.82. The second-order valence-corrected chi connectivity index (χ2v) is 5.03. The molecular weight excluding hydrogens is 194 g/mol. The molecule has 1 N–H and O–H groups in total. The maximum atomic E-state index is 10.7. The highest BCUT2D eigenvalue weighted by molar-refractivity contribution is 4.79. The minimum atomic E-state index is -0.858. The lowest BCUT2D eigenvalue weighted by Crippen LogP contribution is -2.48. The molecule has 88 valence electrons. The Bertz CT molecular complexity index is 223. The first-order valence-electron chi connectivity index (χ1n) is 5.48. The van der Waals surface area contributed by atoms with Crippen LogP contribution in [-0.4, -0.2) is 48.1 Å². The van der Waals surface area contributed by atoms with Crippen LogP contribution in [0.3, 0.4) is 0 Å². The fraction of sp³-hybridized carbons (Fsp3) is 1.00. The maximum Gasteiger partial charge on any atom is 0.229 e. The van der Waals surface area contributed by atoms with Crippen LogP contribution in [0.4, 0.5) is 0 Å². The van der Waals surface area contributed by atoms with Crippen LogP contribution in [0.15, 0.2) is 0 Å². The molecule has 5 heteroatoms.